The number of benzene rings is 1. The van der Waals surface area contributed by atoms with Crippen molar-refractivity contribution in [1.29, 1.82) is 0 Å². The first kappa shape index (κ1) is 13.3. The van der Waals surface area contributed by atoms with Gasteiger partial charge in [0, 0.05) is 10.0 Å². The molecule has 1 aromatic rings. The summed E-state index contributed by atoms with van der Waals surface area (Å²) in [6.45, 7) is 2.05. The number of nitrogens with two attached hydrogens (primary N) is 1. The first-order chi connectivity index (χ1) is 7.54. The van der Waals surface area contributed by atoms with Crippen LogP contribution in [0.4, 0.5) is 0 Å². The van der Waals surface area contributed by atoms with Crippen LogP contribution in [-0.4, -0.2) is 18.6 Å². The predicted molar refractivity (Wildman–Crippen MR) is 64.8 cm³/mol. The van der Waals surface area contributed by atoms with Gasteiger partial charge in [0.05, 0.1) is 6.61 Å². The Bertz CT molecular complexity index is 382. The van der Waals surface area contributed by atoms with Gasteiger partial charge in [-0.05, 0) is 37.1 Å². The van der Waals surface area contributed by atoms with Crippen molar-refractivity contribution < 1.29 is 9.53 Å². The Hall–Kier alpha value is -0.770. The van der Waals surface area contributed by atoms with Crippen molar-refractivity contribution in [2.75, 3.05) is 6.61 Å². The molecule has 2 N–H and O–H groups in total. The topological polar surface area (TPSA) is 52.3 Å². The maximum atomic E-state index is 11.3. The summed E-state index contributed by atoms with van der Waals surface area (Å²) in [5.74, 6) is -0.432. The summed E-state index contributed by atoms with van der Waals surface area (Å²) in [6.07, 6.45) is 0.318. The van der Waals surface area contributed by atoms with Crippen LogP contribution >= 0.6 is 23.2 Å². The molecule has 0 amide bonds. The van der Waals surface area contributed by atoms with Crippen LogP contribution in [0.1, 0.15) is 12.5 Å². The van der Waals surface area contributed by atoms with Crippen LogP contribution < -0.4 is 5.73 Å². The lowest BCUT2D eigenvalue weighted by atomic mass is 10.1. The monoisotopic (exact) mass is 261 g/mol. The molecule has 0 bridgehead atoms. The molecule has 1 rings (SSSR count). The minimum atomic E-state index is -0.712. The van der Waals surface area contributed by atoms with Crippen LogP contribution in [0.2, 0.25) is 10.0 Å². The van der Waals surface area contributed by atoms with Gasteiger partial charge in [-0.15, -0.1) is 0 Å². The van der Waals surface area contributed by atoms with Gasteiger partial charge in [0.1, 0.15) is 6.04 Å². The van der Waals surface area contributed by atoms with E-state index in [1.807, 2.05) is 0 Å². The molecule has 16 heavy (non-hydrogen) atoms. The van der Waals surface area contributed by atoms with Crippen molar-refractivity contribution >= 4 is 29.2 Å². The summed E-state index contributed by atoms with van der Waals surface area (Å²) in [5.41, 5.74) is 6.42. The summed E-state index contributed by atoms with van der Waals surface area (Å²) >= 11 is 11.8. The fraction of sp³-hybridized carbons (Fsp3) is 0.364. The van der Waals surface area contributed by atoms with Crippen LogP contribution in [0, 0.1) is 0 Å². The molecule has 0 unspecified atom stereocenters. The van der Waals surface area contributed by atoms with E-state index in [1.165, 1.54) is 0 Å². The summed E-state index contributed by atoms with van der Waals surface area (Å²) in [6, 6.07) is 4.35. The summed E-state index contributed by atoms with van der Waals surface area (Å²) in [7, 11) is 0. The van der Waals surface area contributed by atoms with Gasteiger partial charge < -0.3 is 10.5 Å². The summed E-state index contributed by atoms with van der Waals surface area (Å²) < 4.78 is 4.81. The van der Waals surface area contributed by atoms with Gasteiger partial charge in [0.15, 0.2) is 0 Å². The zero-order valence-electron chi connectivity index (χ0n) is 8.87. The fourth-order valence-corrected chi connectivity index (χ4v) is 1.66. The van der Waals surface area contributed by atoms with E-state index in [0.717, 1.165) is 5.56 Å². The maximum absolute atomic E-state index is 11.3. The first-order valence-electron chi connectivity index (χ1n) is 4.90. The lowest BCUT2D eigenvalue weighted by molar-refractivity contribution is -0.144. The Kier molecular flexibility index (Phi) is 5.06. The van der Waals surface area contributed by atoms with Crippen molar-refractivity contribution in [3.05, 3.63) is 33.8 Å². The molecule has 0 aliphatic rings. The van der Waals surface area contributed by atoms with E-state index in [9.17, 15) is 4.79 Å². The molecular weight excluding hydrogens is 249 g/mol. The average molecular weight is 262 g/mol. The van der Waals surface area contributed by atoms with Crippen molar-refractivity contribution in [2.24, 2.45) is 5.73 Å². The van der Waals surface area contributed by atoms with Gasteiger partial charge in [0.25, 0.3) is 0 Å². The minimum absolute atomic E-state index is 0.315. The Morgan fingerprint density at radius 1 is 1.50 bits per heavy atom. The van der Waals surface area contributed by atoms with Gasteiger partial charge >= 0.3 is 5.97 Å². The molecule has 3 nitrogen and oxygen atoms in total. The first-order valence-corrected chi connectivity index (χ1v) is 5.66. The number of hydrogen-bond donors (Lipinski definition) is 1. The van der Waals surface area contributed by atoms with E-state index < -0.39 is 12.0 Å². The van der Waals surface area contributed by atoms with Crippen molar-refractivity contribution in [2.45, 2.75) is 19.4 Å². The number of hydrogen-bond acceptors (Lipinski definition) is 3. The zero-order chi connectivity index (χ0) is 12.1. The Balaban J connectivity index is 2.72. The third-order valence-electron chi connectivity index (χ3n) is 2.04. The maximum Gasteiger partial charge on any atom is 0.323 e. The molecule has 0 radical (unpaired) electrons. The quantitative estimate of drug-likeness (QED) is 0.848. The van der Waals surface area contributed by atoms with Gasteiger partial charge in [0.2, 0.25) is 0 Å². The van der Waals surface area contributed by atoms with Crippen molar-refractivity contribution in [3.8, 4) is 0 Å². The second-order valence-corrected chi connectivity index (χ2v) is 4.14. The Morgan fingerprint density at radius 3 is 2.81 bits per heavy atom. The zero-order valence-corrected chi connectivity index (χ0v) is 10.4. The van der Waals surface area contributed by atoms with E-state index in [0.29, 0.717) is 23.1 Å². The molecule has 5 heteroatoms. The lowest BCUT2D eigenvalue weighted by Gasteiger charge is -2.11. The molecular formula is C11H13Cl2NO2. The summed E-state index contributed by atoms with van der Waals surface area (Å²) in [5, 5.41) is 1.11. The second-order valence-electron chi connectivity index (χ2n) is 3.30. The van der Waals surface area contributed by atoms with E-state index in [2.05, 4.69) is 0 Å². The Labute approximate surface area is 104 Å². The van der Waals surface area contributed by atoms with Gasteiger partial charge in [-0.1, -0.05) is 23.2 Å². The van der Waals surface area contributed by atoms with Gasteiger partial charge in [-0.3, -0.25) is 4.79 Å². The molecule has 0 spiro atoms. The van der Waals surface area contributed by atoms with Crippen LogP contribution in [0.5, 0.6) is 0 Å². The van der Waals surface area contributed by atoms with Gasteiger partial charge in [-0.2, -0.15) is 0 Å². The number of halogens is 2. The smallest absolute Gasteiger partial charge is 0.323 e. The average Bonchev–Trinajstić information content (AvgIpc) is 2.23. The molecule has 0 saturated heterocycles. The number of esters is 1. The number of carbonyl (C=O) groups is 1. The van der Waals surface area contributed by atoms with Crippen LogP contribution in [0.15, 0.2) is 18.2 Å². The van der Waals surface area contributed by atoms with E-state index in [-0.39, 0.29) is 0 Å². The summed E-state index contributed by atoms with van der Waals surface area (Å²) in [4.78, 5) is 11.3. The normalized spacial score (nSPS) is 12.2. The molecule has 0 aliphatic heterocycles. The molecule has 0 aliphatic carbocycles. The molecule has 0 heterocycles. The van der Waals surface area contributed by atoms with Crippen LogP contribution in [-0.2, 0) is 16.0 Å². The SMILES string of the molecule is CCOC(=O)[C@H](N)Cc1cc(Cl)ccc1Cl. The third kappa shape index (κ3) is 3.67. The highest BCUT2D eigenvalue weighted by Crippen LogP contribution is 2.21. The van der Waals surface area contributed by atoms with Crippen LogP contribution in [0.25, 0.3) is 0 Å². The molecule has 0 aromatic heterocycles. The molecule has 88 valence electrons. The number of rotatable bonds is 4. The highest BCUT2D eigenvalue weighted by atomic mass is 35.5. The van der Waals surface area contributed by atoms with Crippen molar-refractivity contribution in [3.63, 3.8) is 0 Å². The Morgan fingerprint density at radius 2 is 2.19 bits per heavy atom. The van der Waals surface area contributed by atoms with E-state index >= 15 is 0 Å². The molecule has 0 saturated carbocycles. The number of carbonyl (C=O) groups excluding carboxylic acids is 1. The van der Waals surface area contributed by atoms with E-state index in [1.54, 1.807) is 25.1 Å². The molecule has 0 fully saturated rings. The molecule has 1 atom stereocenters. The van der Waals surface area contributed by atoms with Gasteiger partial charge in [-0.25, -0.2) is 0 Å². The number of ether oxygens (including phenoxy) is 1. The molecule has 1 aromatic carbocycles. The second kappa shape index (κ2) is 6.09. The highest BCUT2D eigenvalue weighted by molar-refractivity contribution is 6.33. The third-order valence-corrected chi connectivity index (χ3v) is 2.64. The lowest BCUT2D eigenvalue weighted by Crippen LogP contribution is -2.34. The minimum Gasteiger partial charge on any atom is -0.465 e. The largest absolute Gasteiger partial charge is 0.465 e. The predicted octanol–water partition coefficient (Wildman–Crippen LogP) is 2.43. The van der Waals surface area contributed by atoms with Crippen LogP contribution in [0.3, 0.4) is 0 Å². The highest BCUT2D eigenvalue weighted by Gasteiger charge is 2.16. The van der Waals surface area contributed by atoms with Crippen molar-refractivity contribution in [1.82, 2.24) is 0 Å². The standard InChI is InChI=1S/C11H13Cl2NO2/c1-2-16-11(15)10(14)6-7-5-8(12)3-4-9(7)13/h3-5,10H,2,6,14H2,1H3/t10-/m1/s1. The fourth-order valence-electron chi connectivity index (χ4n) is 1.27. The van der Waals surface area contributed by atoms with E-state index in [4.69, 9.17) is 33.7 Å².